The van der Waals surface area contributed by atoms with Gasteiger partial charge in [0.15, 0.2) is 0 Å². The molecule has 2 heterocycles. The highest BCUT2D eigenvalue weighted by molar-refractivity contribution is 7.16. The van der Waals surface area contributed by atoms with E-state index in [2.05, 4.69) is 4.98 Å². The Morgan fingerprint density at radius 3 is 2.89 bits per heavy atom. The number of carbonyl (C=O) groups excluding carboxylic acids is 1. The van der Waals surface area contributed by atoms with Crippen LogP contribution >= 0.6 is 22.9 Å². The number of rotatable bonds is 5. The summed E-state index contributed by atoms with van der Waals surface area (Å²) in [6.07, 6.45) is 4.76. The van der Waals surface area contributed by atoms with E-state index in [9.17, 15) is 4.79 Å². The van der Waals surface area contributed by atoms with E-state index in [4.69, 9.17) is 11.6 Å². The number of halogens is 1. The summed E-state index contributed by atoms with van der Waals surface area (Å²) in [5, 5.41) is 0. The second-order valence-electron chi connectivity index (χ2n) is 4.32. The molecule has 0 unspecified atom stereocenters. The third-order valence-electron chi connectivity index (χ3n) is 2.80. The Morgan fingerprint density at radius 2 is 2.26 bits per heavy atom. The van der Waals surface area contributed by atoms with E-state index in [1.165, 1.54) is 11.3 Å². The Kier molecular flexibility index (Phi) is 4.93. The molecule has 0 N–H and O–H groups in total. The van der Waals surface area contributed by atoms with Gasteiger partial charge in [-0.3, -0.25) is 9.78 Å². The van der Waals surface area contributed by atoms with Crippen LogP contribution in [0.15, 0.2) is 36.7 Å². The summed E-state index contributed by atoms with van der Waals surface area (Å²) in [5.41, 5.74) is 1.09. The van der Waals surface area contributed by atoms with Crippen LogP contribution in [0.5, 0.6) is 0 Å². The van der Waals surface area contributed by atoms with E-state index in [0.29, 0.717) is 13.0 Å². The van der Waals surface area contributed by atoms with Crippen LogP contribution < -0.4 is 0 Å². The van der Waals surface area contributed by atoms with E-state index in [-0.39, 0.29) is 5.91 Å². The fourth-order valence-electron chi connectivity index (χ4n) is 1.75. The number of amides is 1. The molecule has 1 amide bonds. The maximum atomic E-state index is 12.0. The topological polar surface area (TPSA) is 33.2 Å². The number of nitrogens with zero attached hydrogens (tertiary/aromatic N) is 2. The predicted molar refractivity (Wildman–Crippen MR) is 78.4 cm³/mol. The van der Waals surface area contributed by atoms with Gasteiger partial charge in [0.2, 0.25) is 5.91 Å². The monoisotopic (exact) mass is 294 g/mol. The molecule has 2 rings (SSSR count). The quantitative estimate of drug-likeness (QED) is 0.847. The van der Waals surface area contributed by atoms with Crippen molar-refractivity contribution in [3.63, 3.8) is 0 Å². The van der Waals surface area contributed by atoms with Crippen LogP contribution in [0.2, 0.25) is 4.34 Å². The van der Waals surface area contributed by atoms with E-state index < -0.39 is 0 Å². The number of aromatic nitrogens is 1. The molecular formula is C14H15ClN2OS. The highest BCUT2D eigenvalue weighted by atomic mass is 35.5. The molecule has 0 spiro atoms. The Balaban J connectivity index is 1.82. The van der Waals surface area contributed by atoms with Crippen molar-refractivity contribution in [1.82, 2.24) is 9.88 Å². The third-order valence-corrected chi connectivity index (χ3v) is 4.01. The first-order valence-corrected chi connectivity index (χ1v) is 7.21. The summed E-state index contributed by atoms with van der Waals surface area (Å²) in [6.45, 7) is 0.614. The van der Waals surface area contributed by atoms with Crippen LogP contribution in [0.25, 0.3) is 0 Å². The number of pyridine rings is 1. The standard InChI is InChI=1S/C14H15ClN2OS/c1-17(10-12-5-6-13(15)19-12)14(18)7-4-11-3-2-8-16-9-11/h2-3,5-6,8-9H,4,7,10H2,1H3. The predicted octanol–water partition coefficient (Wildman–Crippen LogP) is 3.39. The molecule has 0 aliphatic carbocycles. The SMILES string of the molecule is CN(Cc1ccc(Cl)s1)C(=O)CCc1cccnc1. The van der Waals surface area contributed by atoms with Crippen LogP contribution in [0.3, 0.4) is 0 Å². The second kappa shape index (κ2) is 6.68. The van der Waals surface area contributed by atoms with E-state index in [0.717, 1.165) is 21.2 Å². The molecule has 0 aliphatic heterocycles. The number of hydrogen-bond acceptors (Lipinski definition) is 3. The molecule has 19 heavy (non-hydrogen) atoms. The van der Waals surface area contributed by atoms with Gasteiger partial charge in [-0.2, -0.15) is 0 Å². The average molecular weight is 295 g/mol. The van der Waals surface area contributed by atoms with Crippen molar-refractivity contribution in [1.29, 1.82) is 0 Å². The zero-order valence-corrected chi connectivity index (χ0v) is 12.2. The minimum atomic E-state index is 0.133. The molecule has 5 heteroatoms. The lowest BCUT2D eigenvalue weighted by Crippen LogP contribution is -2.25. The molecule has 0 atom stereocenters. The Hall–Kier alpha value is -1.39. The number of thiophene rings is 1. The average Bonchev–Trinajstić information content (AvgIpc) is 2.82. The summed E-state index contributed by atoms with van der Waals surface area (Å²) in [4.78, 5) is 18.9. The molecule has 100 valence electrons. The van der Waals surface area contributed by atoms with Crippen LogP contribution in [0.1, 0.15) is 16.9 Å². The van der Waals surface area contributed by atoms with Gasteiger partial charge in [0.25, 0.3) is 0 Å². The van der Waals surface area contributed by atoms with Crippen molar-refractivity contribution in [3.8, 4) is 0 Å². The lowest BCUT2D eigenvalue weighted by atomic mass is 10.1. The molecule has 2 aromatic rings. The summed E-state index contributed by atoms with van der Waals surface area (Å²) in [7, 11) is 1.82. The second-order valence-corrected chi connectivity index (χ2v) is 6.12. The Bertz CT molecular complexity index is 541. The zero-order valence-electron chi connectivity index (χ0n) is 10.7. The molecule has 0 fully saturated rings. The molecule has 0 saturated heterocycles. The number of aryl methyl sites for hydroxylation is 1. The third kappa shape index (κ3) is 4.33. The first-order chi connectivity index (χ1) is 9.15. The molecule has 0 aromatic carbocycles. The summed E-state index contributed by atoms with van der Waals surface area (Å²) in [6, 6.07) is 7.68. The zero-order chi connectivity index (χ0) is 13.7. The molecule has 3 nitrogen and oxygen atoms in total. The smallest absolute Gasteiger partial charge is 0.222 e. The van der Waals surface area contributed by atoms with E-state index >= 15 is 0 Å². The van der Waals surface area contributed by atoms with Crippen molar-refractivity contribution >= 4 is 28.8 Å². The van der Waals surface area contributed by atoms with Crippen molar-refractivity contribution in [3.05, 3.63) is 51.4 Å². The van der Waals surface area contributed by atoms with Gasteiger partial charge in [-0.1, -0.05) is 17.7 Å². The lowest BCUT2D eigenvalue weighted by Gasteiger charge is -2.16. The van der Waals surface area contributed by atoms with Crippen molar-refractivity contribution in [2.24, 2.45) is 0 Å². The molecule has 2 aromatic heterocycles. The van der Waals surface area contributed by atoms with Gasteiger partial charge in [0.05, 0.1) is 10.9 Å². The molecule has 0 saturated carbocycles. The summed E-state index contributed by atoms with van der Waals surface area (Å²) < 4.78 is 0.756. The first-order valence-electron chi connectivity index (χ1n) is 6.02. The maximum Gasteiger partial charge on any atom is 0.222 e. The van der Waals surface area contributed by atoms with Crippen molar-refractivity contribution in [2.75, 3.05) is 7.05 Å². The molecular weight excluding hydrogens is 280 g/mol. The molecule has 0 bridgehead atoms. The normalized spacial score (nSPS) is 10.4. The summed E-state index contributed by atoms with van der Waals surface area (Å²) in [5.74, 6) is 0.133. The van der Waals surface area contributed by atoms with Gasteiger partial charge >= 0.3 is 0 Å². The molecule has 0 radical (unpaired) electrons. The van der Waals surface area contributed by atoms with Gasteiger partial charge in [0, 0.05) is 30.7 Å². The van der Waals surface area contributed by atoms with Gasteiger partial charge in [-0.15, -0.1) is 11.3 Å². The lowest BCUT2D eigenvalue weighted by molar-refractivity contribution is -0.130. The minimum Gasteiger partial charge on any atom is -0.341 e. The Morgan fingerprint density at radius 1 is 1.42 bits per heavy atom. The van der Waals surface area contributed by atoms with E-state index in [1.54, 1.807) is 17.3 Å². The fourth-order valence-corrected chi connectivity index (χ4v) is 2.89. The molecule has 0 aliphatic rings. The Labute approximate surface area is 121 Å². The van der Waals surface area contributed by atoms with Crippen LogP contribution in [-0.4, -0.2) is 22.8 Å². The van der Waals surface area contributed by atoms with Crippen LogP contribution in [0, 0.1) is 0 Å². The number of carbonyl (C=O) groups is 1. The van der Waals surface area contributed by atoms with Crippen LogP contribution in [0.4, 0.5) is 0 Å². The van der Waals surface area contributed by atoms with Crippen LogP contribution in [-0.2, 0) is 17.8 Å². The van der Waals surface area contributed by atoms with Gasteiger partial charge in [0.1, 0.15) is 0 Å². The van der Waals surface area contributed by atoms with Gasteiger partial charge < -0.3 is 4.90 Å². The fraction of sp³-hybridized carbons (Fsp3) is 0.286. The van der Waals surface area contributed by atoms with Gasteiger partial charge in [-0.25, -0.2) is 0 Å². The highest BCUT2D eigenvalue weighted by Gasteiger charge is 2.10. The van der Waals surface area contributed by atoms with Crippen molar-refractivity contribution in [2.45, 2.75) is 19.4 Å². The minimum absolute atomic E-state index is 0.133. The summed E-state index contributed by atoms with van der Waals surface area (Å²) >= 11 is 7.38. The van der Waals surface area contributed by atoms with E-state index in [1.807, 2.05) is 31.3 Å². The largest absolute Gasteiger partial charge is 0.341 e. The van der Waals surface area contributed by atoms with Crippen molar-refractivity contribution < 1.29 is 4.79 Å². The number of hydrogen-bond donors (Lipinski definition) is 0. The maximum absolute atomic E-state index is 12.0. The van der Waals surface area contributed by atoms with Gasteiger partial charge in [-0.05, 0) is 30.2 Å². The highest BCUT2D eigenvalue weighted by Crippen LogP contribution is 2.22. The first kappa shape index (κ1) is 14.0.